The summed E-state index contributed by atoms with van der Waals surface area (Å²) < 4.78 is 3.61. The van der Waals surface area contributed by atoms with Gasteiger partial charge in [-0.2, -0.15) is 0 Å². The topological polar surface area (TPSA) is 140 Å². The number of carbonyl (C=O) groups excluding carboxylic acids is 4. The highest BCUT2D eigenvalue weighted by atomic mass is 16.2. The van der Waals surface area contributed by atoms with Gasteiger partial charge in [-0.25, -0.2) is 14.3 Å². The zero-order valence-corrected chi connectivity index (χ0v) is 17.8. The van der Waals surface area contributed by atoms with Crippen LogP contribution in [0, 0.1) is 0 Å². The third kappa shape index (κ3) is 3.59. The number of nitrogens with zero attached hydrogens (tertiary/aromatic N) is 7. The van der Waals surface area contributed by atoms with Crippen LogP contribution in [-0.2, 0) is 39.8 Å². The Morgan fingerprint density at radius 2 is 1.41 bits per heavy atom. The summed E-state index contributed by atoms with van der Waals surface area (Å²) in [5, 5.41) is 0. The van der Waals surface area contributed by atoms with E-state index in [4.69, 9.17) is 0 Å². The Morgan fingerprint density at radius 3 is 1.97 bits per heavy atom. The van der Waals surface area contributed by atoms with Crippen LogP contribution < -0.4 is 11.2 Å². The molecular formula is C19H23N7O6. The maximum atomic E-state index is 12.8. The van der Waals surface area contributed by atoms with Crippen molar-refractivity contribution in [1.82, 2.24) is 33.4 Å². The second-order valence-corrected chi connectivity index (χ2v) is 7.90. The van der Waals surface area contributed by atoms with E-state index in [0.717, 1.165) is 9.47 Å². The number of aromatic nitrogens is 4. The third-order valence-corrected chi connectivity index (χ3v) is 5.93. The molecule has 2 aromatic heterocycles. The molecule has 13 heteroatoms. The van der Waals surface area contributed by atoms with Crippen LogP contribution in [0.1, 0.15) is 12.8 Å². The van der Waals surface area contributed by atoms with E-state index in [1.165, 1.54) is 32.3 Å². The average Bonchev–Trinajstić information content (AvgIpc) is 3.32. The minimum atomic E-state index is -0.636. The van der Waals surface area contributed by atoms with Crippen molar-refractivity contribution >= 4 is 34.8 Å². The highest BCUT2D eigenvalue weighted by molar-refractivity contribution is 6.04. The molecule has 2 saturated heterocycles. The number of likely N-dealkylation sites (tertiary alicyclic amines) is 1. The van der Waals surface area contributed by atoms with Crippen molar-refractivity contribution in [3.8, 4) is 0 Å². The normalized spacial score (nSPS) is 17.0. The van der Waals surface area contributed by atoms with Crippen molar-refractivity contribution < 1.29 is 19.2 Å². The summed E-state index contributed by atoms with van der Waals surface area (Å²) in [6.07, 6.45) is 1.67. The minimum absolute atomic E-state index is 0.123. The van der Waals surface area contributed by atoms with Gasteiger partial charge in [-0.1, -0.05) is 0 Å². The summed E-state index contributed by atoms with van der Waals surface area (Å²) >= 11 is 0. The van der Waals surface area contributed by atoms with Gasteiger partial charge >= 0.3 is 5.69 Å². The van der Waals surface area contributed by atoms with Gasteiger partial charge in [0.25, 0.3) is 5.56 Å². The van der Waals surface area contributed by atoms with E-state index in [-0.39, 0.29) is 74.5 Å². The fraction of sp³-hybridized carbons (Fsp3) is 0.526. The SMILES string of the molecule is Cn1cnc2c1c(=O)n(CC(=O)N1CCN(C(=O)CN3C(=O)CCC3=O)CC1)c(=O)n2C. The molecule has 4 rings (SSSR count). The predicted octanol–water partition coefficient (Wildman–Crippen LogP) is -2.75. The van der Waals surface area contributed by atoms with Gasteiger partial charge in [0.1, 0.15) is 13.1 Å². The van der Waals surface area contributed by atoms with Gasteiger partial charge in [0.2, 0.25) is 23.6 Å². The number of imide groups is 1. The molecule has 2 fully saturated rings. The van der Waals surface area contributed by atoms with Gasteiger partial charge in [-0.15, -0.1) is 0 Å². The molecule has 0 bridgehead atoms. The van der Waals surface area contributed by atoms with Gasteiger partial charge < -0.3 is 14.4 Å². The molecule has 32 heavy (non-hydrogen) atoms. The van der Waals surface area contributed by atoms with Crippen LogP contribution in [0.25, 0.3) is 11.2 Å². The molecule has 4 heterocycles. The largest absolute Gasteiger partial charge is 0.338 e. The molecule has 0 spiro atoms. The number of aryl methyl sites for hydroxylation is 2. The van der Waals surface area contributed by atoms with Crippen LogP contribution in [0.3, 0.4) is 0 Å². The lowest BCUT2D eigenvalue weighted by molar-refractivity contribution is -0.147. The van der Waals surface area contributed by atoms with Crippen LogP contribution in [0.4, 0.5) is 0 Å². The first-order chi connectivity index (χ1) is 15.2. The Kier molecular flexibility index (Phi) is 5.40. The summed E-state index contributed by atoms with van der Waals surface area (Å²) in [5.74, 6) is -1.47. The molecule has 0 aliphatic carbocycles. The fourth-order valence-electron chi connectivity index (χ4n) is 4.01. The molecule has 4 amide bonds. The van der Waals surface area contributed by atoms with Crippen molar-refractivity contribution in [3.63, 3.8) is 0 Å². The summed E-state index contributed by atoms with van der Waals surface area (Å²) in [4.78, 5) is 82.0. The Bertz CT molecular complexity index is 1230. The quantitative estimate of drug-likeness (QED) is 0.465. The van der Waals surface area contributed by atoms with Crippen LogP contribution in [0.2, 0.25) is 0 Å². The van der Waals surface area contributed by atoms with Crippen LogP contribution in [0.5, 0.6) is 0 Å². The van der Waals surface area contributed by atoms with E-state index in [1.807, 2.05) is 0 Å². The smallest absolute Gasteiger partial charge is 0.332 e. The number of imidazole rings is 1. The monoisotopic (exact) mass is 445 g/mol. The maximum absolute atomic E-state index is 12.8. The van der Waals surface area contributed by atoms with Gasteiger partial charge in [0.15, 0.2) is 11.2 Å². The summed E-state index contributed by atoms with van der Waals surface area (Å²) in [6.45, 7) is 0.188. The lowest BCUT2D eigenvalue weighted by Gasteiger charge is -2.35. The van der Waals surface area contributed by atoms with Crippen LogP contribution >= 0.6 is 0 Å². The van der Waals surface area contributed by atoms with Crippen molar-refractivity contribution in [2.24, 2.45) is 14.1 Å². The number of carbonyl (C=O) groups is 4. The van der Waals surface area contributed by atoms with Crippen molar-refractivity contribution in [1.29, 1.82) is 0 Å². The molecule has 0 radical (unpaired) electrons. The Hall–Kier alpha value is -3.77. The first kappa shape index (κ1) is 21.5. The van der Waals surface area contributed by atoms with Crippen LogP contribution in [-0.4, -0.2) is 89.7 Å². The van der Waals surface area contributed by atoms with E-state index < -0.39 is 23.7 Å². The number of rotatable bonds is 4. The first-order valence-electron chi connectivity index (χ1n) is 10.2. The second-order valence-electron chi connectivity index (χ2n) is 7.90. The molecule has 0 atom stereocenters. The zero-order valence-electron chi connectivity index (χ0n) is 17.8. The van der Waals surface area contributed by atoms with Crippen molar-refractivity contribution in [2.75, 3.05) is 32.7 Å². The fourth-order valence-corrected chi connectivity index (χ4v) is 4.01. The number of hydrogen-bond donors (Lipinski definition) is 0. The van der Waals surface area contributed by atoms with E-state index in [9.17, 15) is 28.8 Å². The highest BCUT2D eigenvalue weighted by Crippen LogP contribution is 2.12. The highest BCUT2D eigenvalue weighted by Gasteiger charge is 2.33. The molecule has 2 aliphatic heterocycles. The number of fused-ring (bicyclic) bond motifs is 1. The van der Waals surface area contributed by atoms with Gasteiger partial charge in [-0.3, -0.25) is 33.4 Å². The predicted molar refractivity (Wildman–Crippen MR) is 109 cm³/mol. The third-order valence-electron chi connectivity index (χ3n) is 5.93. The van der Waals surface area contributed by atoms with Crippen molar-refractivity contribution in [3.05, 3.63) is 27.2 Å². The number of hydrogen-bond acceptors (Lipinski definition) is 7. The molecular weight excluding hydrogens is 422 g/mol. The van der Waals surface area contributed by atoms with Gasteiger partial charge in [0, 0.05) is 53.1 Å². The van der Waals surface area contributed by atoms with E-state index in [1.54, 1.807) is 7.05 Å². The second kappa shape index (κ2) is 8.05. The van der Waals surface area contributed by atoms with E-state index >= 15 is 0 Å². The van der Waals surface area contributed by atoms with E-state index in [0.29, 0.717) is 0 Å². The standard InChI is InChI=1S/C19H23N7O6/c1-21-11-20-17-16(21)18(31)26(19(32)22(17)2)10-15(30)24-7-5-23(6-8-24)14(29)9-25-12(27)3-4-13(25)28/h11H,3-10H2,1-2H3. The molecule has 2 aromatic rings. The molecule has 0 aromatic carbocycles. The lowest BCUT2D eigenvalue weighted by Crippen LogP contribution is -2.54. The van der Waals surface area contributed by atoms with Gasteiger partial charge in [0.05, 0.1) is 6.33 Å². The average molecular weight is 445 g/mol. The first-order valence-corrected chi connectivity index (χ1v) is 10.2. The zero-order chi connectivity index (χ0) is 23.2. The molecule has 0 unspecified atom stereocenters. The number of amides is 4. The minimum Gasteiger partial charge on any atom is -0.338 e. The van der Waals surface area contributed by atoms with Crippen molar-refractivity contribution in [2.45, 2.75) is 19.4 Å². The van der Waals surface area contributed by atoms with Crippen LogP contribution in [0.15, 0.2) is 15.9 Å². The lowest BCUT2D eigenvalue weighted by atomic mass is 10.3. The van der Waals surface area contributed by atoms with Gasteiger partial charge in [-0.05, 0) is 0 Å². The Labute approximate surface area is 181 Å². The molecule has 2 aliphatic rings. The number of piperazine rings is 1. The molecule has 170 valence electrons. The van der Waals surface area contributed by atoms with E-state index in [2.05, 4.69) is 4.98 Å². The summed E-state index contributed by atoms with van der Waals surface area (Å²) in [6, 6.07) is 0. The Morgan fingerprint density at radius 1 is 0.875 bits per heavy atom. The molecule has 13 nitrogen and oxygen atoms in total. The Balaban J connectivity index is 1.41. The summed E-state index contributed by atoms with van der Waals surface area (Å²) in [7, 11) is 3.12. The molecule has 0 saturated carbocycles. The molecule has 0 N–H and O–H groups in total. The maximum Gasteiger partial charge on any atom is 0.332 e. The summed E-state index contributed by atoms with van der Waals surface area (Å²) in [5.41, 5.74) is -0.761.